The van der Waals surface area contributed by atoms with Crippen LogP contribution in [0.15, 0.2) is 5.10 Å². The maximum atomic E-state index is 4.92. The summed E-state index contributed by atoms with van der Waals surface area (Å²) in [6, 6.07) is 2.50. The van der Waals surface area contributed by atoms with Gasteiger partial charge in [-0.25, -0.2) is 0 Å². The molecule has 1 saturated heterocycles. The highest BCUT2D eigenvalue weighted by Crippen LogP contribution is 2.49. The van der Waals surface area contributed by atoms with Gasteiger partial charge >= 0.3 is 0 Å². The Kier molecular flexibility index (Phi) is 5.69. The van der Waals surface area contributed by atoms with Crippen LogP contribution in [0.3, 0.4) is 0 Å². The van der Waals surface area contributed by atoms with E-state index in [4.69, 9.17) is 5.10 Å². The van der Waals surface area contributed by atoms with E-state index < -0.39 is 0 Å². The molecule has 0 aromatic rings. The zero-order chi connectivity index (χ0) is 17.2. The first-order chi connectivity index (χ1) is 12.3. The Morgan fingerprint density at radius 2 is 1.60 bits per heavy atom. The van der Waals surface area contributed by atoms with Crippen LogP contribution < -0.4 is 0 Å². The second kappa shape index (κ2) is 7.98. The van der Waals surface area contributed by atoms with E-state index in [1.54, 1.807) is 0 Å². The molecule has 0 bridgehead atoms. The second-order valence-electron chi connectivity index (χ2n) is 9.28. The zero-order valence-electron chi connectivity index (χ0n) is 16.6. The van der Waals surface area contributed by atoms with Gasteiger partial charge in [0, 0.05) is 31.4 Å². The highest BCUT2D eigenvalue weighted by atomic mass is 15.4. The van der Waals surface area contributed by atoms with Crippen LogP contribution in [-0.4, -0.2) is 47.8 Å². The number of hydrazone groups is 1. The number of hydrogen-bond acceptors (Lipinski definition) is 3. The van der Waals surface area contributed by atoms with Crippen LogP contribution >= 0.6 is 0 Å². The van der Waals surface area contributed by atoms with Crippen molar-refractivity contribution in [2.45, 2.75) is 102 Å². The summed E-state index contributed by atoms with van der Waals surface area (Å²) in [5.74, 6) is 2.67. The summed E-state index contributed by atoms with van der Waals surface area (Å²) >= 11 is 0. The van der Waals surface area contributed by atoms with E-state index in [0.717, 1.165) is 29.8 Å². The molecule has 0 amide bonds. The topological polar surface area (TPSA) is 18.8 Å². The van der Waals surface area contributed by atoms with E-state index in [9.17, 15) is 0 Å². The van der Waals surface area contributed by atoms with Crippen molar-refractivity contribution in [2.75, 3.05) is 13.6 Å². The van der Waals surface area contributed by atoms with Gasteiger partial charge in [-0.1, -0.05) is 39.0 Å². The molecule has 0 spiro atoms. The summed E-state index contributed by atoms with van der Waals surface area (Å²) in [4.78, 5) is 2.90. The minimum absolute atomic E-state index is 0.700. The molecule has 5 unspecified atom stereocenters. The fourth-order valence-electron chi connectivity index (χ4n) is 6.75. The van der Waals surface area contributed by atoms with Crippen molar-refractivity contribution in [3.8, 4) is 0 Å². The van der Waals surface area contributed by atoms with Gasteiger partial charge in [-0.15, -0.1) is 0 Å². The summed E-state index contributed by atoms with van der Waals surface area (Å²) in [5.41, 5.74) is 0. The van der Waals surface area contributed by atoms with Gasteiger partial charge in [-0.05, 0) is 69.2 Å². The fraction of sp³-hybridized carbons (Fsp3) is 0.955. The lowest BCUT2D eigenvalue weighted by Gasteiger charge is -2.36. The zero-order valence-corrected chi connectivity index (χ0v) is 16.6. The molecule has 4 rings (SSSR count). The van der Waals surface area contributed by atoms with Crippen LogP contribution in [-0.2, 0) is 0 Å². The average molecular weight is 346 g/mol. The van der Waals surface area contributed by atoms with Crippen LogP contribution in [0, 0.1) is 17.8 Å². The highest BCUT2D eigenvalue weighted by molar-refractivity contribution is 5.60. The van der Waals surface area contributed by atoms with Crippen LogP contribution in [0.1, 0.15) is 84.0 Å². The molecule has 3 saturated carbocycles. The Hall–Kier alpha value is -0.570. The molecule has 1 heterocycles. The van der Waals surface area contributed by atoms with Crippen molar-refractivity contribution in [1.82, 2.24) is 9.91 Å². The van der Waals surface area contributed by atoms with Crippen LogP contribution in [0.2, 0.25) is 0 Å². The Morgan fingerprint density at radius 3 is 2.40 bits per heavy atom. The smallest absolute Gasteiger partial charge is 0.0467 e. The number of hydrogen-bond donors (Lipinski definition) is 0. The first-order valence-electron chi connectivity index (χ1n) is 11.3. The van der Waals surface area contributed by atoms with Crippen molar-refractivity contribution >= 4 is 6.21 Å². The molecule has 0 aromatic heterocycles. The van der Waals surface area contributed by atoms with Gasteiger partial charge in [0.15, 0.2) is 0 Å². The third-order valence-electron chi connectivity index (χ3n) is 8.01. The Balaban J connectivity index is 1.37. The second-order valence-corrected chi connectivity index (χ2v) is 9.28. The fourth-order valence-corrected chi connectivity index (χ4v) is 6.75. The Labute approximate surface area is 155 Å². The molecule has 3 aliphatic carbocycles. The molecule has 3 heteroatoms. The number of fused-ring (bicyclic) bond motifs is 3. The largest absolute Gasteiger partial charge is 0.297 e. The van der Waals surface area contributed by atoms with E-state index in [-0.39, 0.29) is 0 Å². The van der Waals surface area contributed by atoms with Crippen LogP contribution in [0.4, 0.5) is 0 Å². The molecule has 142 valence electrons. The van der Waals surface area contributed by atoms with Crippen molar-refractivity contribution in [3.63, 3.8) is 0 Å². The van der Waals surface area contributed by atoms with E-state index >= 15 is 0 Å². The molecular formula is C22H39N3. The van der Waals surface area contributed by atoms with Gasteiger partial charge in [0.2, 0.25) is 0 Å². The van der Waals surface area contributed by atoms with Crippen LogP contribution in [0.5, 0.6) is 0 Å². The van der Waals surface area contributed by atoms with Gasteiger partial charge < -0.3 is 0 Å². The minimum Gasteiger partial charge on any atom is -0.297 e. The van der Waals surface area contributed by atoms with Gasteiger partial charge in [0.25, 0.3) is 0 Å². The lowest BCUT2D eigenvalue weighted by molar-refractivity contribution is 0.142. The van der Waals surface area contributed by atoms with Crippen molar-refractivity contribution in [2.24, 2.45) is 22.9 Å². The third kappa shape index (κ3) is 3.63. The van der Waals surface area contributed by atoms with Gasteiger partial charge in [0.1, 0.15) is 0 Å². The average Bonchev–Trinajstić information content (AvgIpc) is 3.00. The molecule has 0 aromatic carbocycles. The van der Waals surface area contributed by atoms with E-state index in [2.05, 4.69) is 30.1 Å². The van der Waals surface area contributed by atoms with Crippen molar-refractivity contribution in [1.29, 1.82) is 0 Å². The van der Waals surface area contributed by atoms with E-state index in [0.29, 0.717) is 6.04 Å². The predicted octanol–water partition coefficient (Wildman–Crippen LogP) is 4.92. The molecule has 0 N–H and O–H groups in total. The third-order valence-corrected chi connectivity index (χ3v) is 8.01. The minimum atomic E-state index is 0.700. The first kappa shape index (κ1) is 17.8. The Morgan fingerprint density at radius 1 is 0.880 bits per heavy atom. The number of rotatable bonds is 4. The normalized spacial score (nSPS) is 40.2. The molecule has 0 radical (unpaired) electrons. The predicted molar refractivity (Wildman–Crippen MR) is 106 cm³/mol. The lowest BCUT2D eigenvalue weighted by atomic mass is 9.70. The SMILES string of the molecule is CCN1C2CCCCC2C2CC(/C=N/N(C)C3CCCCC3)CCC21. The molecule has 4 aliphatic rings. The molecule has 1 aliphatic heterocycles. The summed E-state index contributed by atoms with van der Waals surface area (Å²) in [5, 5.41) is 7.22. The maximum Gasteiger partial charge on any atom is 0.0467 e. The van der Waals surface area contributed by atoms with Crippen molar-refractivity contribution in [3.05, 3.63) is 0 Å². The summed E-state index contributed by atoms with van der Waals surface area (Å²) in [7, 11) is 2.21. The summed E-state index contributed by atoms with van der Waals surface area (Å²) in [6.45, 7) is 3.66. The number of likely N-dealkylation sites (tertiary alicyclic amines) is 1. The monoisotopic (exact) mass is 345 g/mol. The van der Waals surface area contributed by atoms with Gasteiger partial charge in [-0.2, -0.15) is 5.10 Å². The molecule has 5 atom stereocenters. The lowest BCUT2D eigenvalue weighted by Crippen LogP contribution is -2.40. The molecule has 4 fully saturated rings. The Bertz CT molecular complexity index is 450. The van der Waals surface area contributed by atoms with E-state index in [1.165, 1.54) is 83.6 Å². The van der Waals surface area contributed by atoms with Gasteiger partial charge in [-0.3, -0.25) is 9.91 Å². The maximum absolute atomic E-state index is 4.92. The quantitative estimate of drug-likeness (QED) is 0.532. The van der Waals surface area contributed by atoms with Crippen LogP contribution in [0.25, 0.3) is 0 Å². The van der Waals surface area contributed by atoms with Gasteiger partial charge in [0.05, 0.1) is 0 Å². The molecular weight excluding hydrogens is 306 g/mol. The molecule has 25 heavy (non-hydrogen) atoms. The standard InChI is InChI=1S/C22H39N3/c1-3-25-21-12-8-7-11-19(21)20-15-17(13-14-22(20)25)16-23-24(2)18-9-5-4-6-10-18/h16-22H,3-15H2,1-2H3/b23-16+. The molecule has 3 nitrogen and oxygen atoms in total. The number of nitrogens with zero attached hydrogens (tertiary/aromatic N) is 3. The summed E-state index contributed by atoms with van der Waals surface area (Å²) in [6.07, 6.45) is 19.3. The first-order valence-corrected chi connectivity index (χ1v) is 11.3. The highest BCUT2D eigenvalue weighted by Gasteiger charge is 2.50. The summed E-state index contributed by atoms with van der Waals surface area (Å²) < 4.78 is 0. The van der Waals surface area contributed by atoms with Crippen molar-refractivity contribution < 1.29 is 0 Å². The van der Waals surface area contributed by atoms with E-state index in [1.807, 2.05) is 0 Å².